The Morgan fingerprint density at radius 1 is 1.42 bits per heavy atom. The fourth-order valence-corrected chi connectivity index (χ4v) is 2.61. The van der Waals surface area contributed by atoms with E-state index in [0.717, 1.165) is 28.1 Å². The van der Waals surface area contributed by atoms with Gasteiger partial charge in [0.2, 0.25) is 0 Å². The molecule has 0 unspecified atom stereocenters. The SMILES string of the molecule is Cc1noc(C)c1Cn1c(=S)[nH]c2ccc(Cl)cc21. The molecule has 0 saturated heterocycles. The number of aryl methyl sites for hydroxylation is 2. The molecule has 0 saturated carbocycles. The van der Waals surface area contributed by atoms with Crippen LogP contribution in [0.5, 0.6) is 0 Å². The fraction of sp³-hybridized carbons (Fsp3) is 0.231. The molecule has 0 radical (unpaired) electrons. The van der Waals surface area contributed by atoms with Gasteiger partial charge < -0.3 is 14.1 Å². The molecule has 2 heterocycles. The number of imidazole rings is 1. The molecule has 1 N–H and O–H groups in total. The standard InChI is InChI=1S/C13H12ClN3OS/c1-7-10(8(2)18-16-7)6-17-12-5-9(14)3-4-11(12)15-13(17)19/h3-5H,6H2,1-2H3,(H,15,19). The normalized spacial score (nSPS) is 11.3. The van der Waals surface area contributed by atoms with Crippen LogP contribution in [0.25, 0.3) is 11.0 Å². The number of halogens is 1. The maximum absolute atomic E-state index is 6.05. The Kier molecular flexibility index (Phi) is 2.95. The van der Waals surface area contributed by atoms with Crippen LogP contribution in [0.3, 0.4) is 0 Å². The number of aromatic nitrogens is 3. The average Bonchev–Trinajstić information content (AvgIpc) is 2.84. The van der Waals surface area contributed by atoms with Crippen molar-refractivity contribution in [2.24, 2.45) is 0 Å². The van der Waals surface area contributed by atoms with E-state index >= 15 is 0 Å². The van der Waals surface area contributed by atoms with Crippen molar-refractivity contribution in [2.75, 3.05) is 0 Å². The minimum atomic E-state index is 0.625. The van der Waals surface area contributed by atoms with E-state index in [-0.39, 0.29) is 0 Å². The van der Waals surface area contributed by atoms with Crippen LogP contribution in [0.15, 0.2) is 22.7 Å². The Morgan fingerprint density at radius 3 is 2.89 bits per heavy atom. The first-order chi connectivity index (χ1) is 9.06. The van der Waals surface area contributed by atoms with Crippen LogP contribution in [-0.4, -0.2) is 14.7 Å². The van der Waals surface area contributed by atoms with Gasteiger partial charge in [0.25, 0.3) is 0 Å². The van der Waals surface area contributed by atoms with E-state index in [2.05, 4.69) is 10.1 Å². The molecular formula is C13H12ClN3OS. The molecule has 0 aliphatic rings. The van der Waals surface area contributed by atoms with Gasteiger partial charge in [-0.15, -0.1) is 0 Å². The lowest BCUT2D eigenvalue weighted by Crippen LogP contribution is -2.01. The summed E-state index contributed by atoms with van der Waals surface area (Å²) >= 11 is 11.4. The van der Waals surface area contributed by atoms with Gasteiger partial charge in [0.05, 0.1) is 23.3 Å². The van der Waals surface area contributed by atoms with Crippen LogP contribution in [-0.2, 0) is 6.54 Å². The average molecular weight is 294 g/mol. The lowest BCUT2D eigenvalue weighted by atomic mass is 10.2. The van der Waals surface area contributed by atoms with Crippen LogP contribution in [0.4, 0.5) is 0 Å². The molecule has 3 rings (SSSR count). The van der Waals surface area contributed by atoms with Crippen molar-refractivity contribution < 1.29 is 4.52 Å². The Bertz CT molecular complexity index is 796. The second-order valence-corrected chi connectivity index (χ2v) is 5.30. The lowest BCUT2D eigenvalue weighted by Gasteiger charge is -2.04. The van der Waals surface area contributed by atoms with Crippen LogP contribution >= 0.6 is 23.8 Å². The second kappa shape index (κ2) is 4.51. The summed E-state index contributed by atoms with van der Waals surface area (Å²) in [7, 11) is 0. The highest BCUT2D eigenvalue weighted by Crippen LogP contribution is 2.22. The minimum absolute atomic E-state index is 0.625. The zero-order chi connectivity index (χ0) is 13.6. The van der Waals surface area contributed by atoms with Crippen molar-refractivity contribution in [3.05, 3.63) is 45.0 Å². The number of rotatable bonds is 2. The van der Waals surface area contributed by atoms with Crippen molar-refractivity contribution in [3.8, 4) is 0 Å². The molecule has 0 bridgehead atoms. The van der Waals surface area contributed by atoms with Gasteiger partial charge in [0.1, 0.15) is 5.76 Å². The van der Waals surface area contributed by atoms with E-state index in [4.69, 9.17) is 28.3 Å². The van der Waals surface area contributed by atoms with Gasteiger partial charge in [-0.05, 0) is 44.3 Å². The van der Waals surface area contributed by atoms with E-state index in [1.165, 1.54) is 0 Å². The predicted molar refractivity (Wildman–Crippen MR) is 77.2 cm³/mol. The number of hydrogen-bond donors (Lipinski definition) is 1. The number of fused-ring (bicyclic) bond motifs is 1. The van der Waals surface area contributed by atoms with Crippen LogP contribution in [0.1, 0.15) is 17.0 Å². The predicted octanol–water partition coefficient (Wildman–Crippen LogP) is 4.01. The Morgan fingerprint density at radius 2 is 2.21 bits per heavy atom. The maximum Gasteiger partial charge on any atom is 0.178 e. The highest BCUT2D eigenvalue weighted by molar-refractivity contribution is 7.71. The zero-order valence-electron chi connectivity index (χ0n) is 10.5. The number of nitrogens with zero attached hydrogens (tertiary/aromatic N) is 2. The molecule has 0 fully saturated rings. The summed E-state index contributed by atoms with van der Waals surface area (Å²) in [6, 6.07) is 5.67. The highest BCUT2D eigenvalue weighted by atomic mass is 35.5. The van der Waals surface area contributed by atoms with Crippen molar-refractivity contribution in [3.63, 3.8) is 0 Å². The first-order valence-corrected chi connectivity index (χ1v) is 6.64. The molecule has 1 aromatic carbocycles. The summed E-state index contributed by atoms with van der Waals surface area (Å²) in [4.78, 5) is 3.17. The summed E-state index contributed by atoms with van der Waals surface area (Å²) in [5.74, 6) is 0.816. The van der Waals surface area contributed by atoms with Gasteiger partial charge in [0, 0.05) is 10.6 Å². The third-order valence-corrected chi connectivity index (χ3v) is 3.79. The summed E-state index contributed by atoms with van der Waals surface area (Å²) in [6.07, 6.45) is 0. The van der Waals surface area contributed by atoms with Gasteiger partial charge >= 0.3 is 0 Å². The first kappa shape index (κ1) is 12.4. The number of nitrogens with one attached hydrogen (secondary N) is 1. The molecule has 0 aliphatic heterocycles. The second-order valence-electron chi connectivity index (χ2n) is 4.48. The maximum atomic E-state index is 6.05. The van der Waals surface area contributed by atoms with E-state index in [9.17, 15) is 0 Å². The Balaban J connectivity index is 2.18. The third kappa shape index (κ3) is 2.09. The Hall–Kier alpha value is -1.59. The molecule has 0 aliphatic carbocycles. The number of hydrogen-bond acceptors (Lipinski definition) is 3. The molecule has 3 aromatic rings. The smallest absolute Gasteiger partial charge is 0.178 e. The third-order valence-electron chi connectivity index (χ3n) is 3.23. The molecule has 98 valence electrons. The first-order valence-electron chi connectivity index (χ1n) is 5.86. The molecule has 19 heavy (non-hydrogen) atoms. The van der Waals surface area contributed by atoms with E-state index in [1.54, 1.807) is 0 Å². The molecule has 6 heteroatoms. The molecule has 0 spiro atoms. The molecule has 4 nitrogen and oxygen atoms in total. The van der Waals surface area contributed by atoms with Gasteiger partial charge in [0.15, 0.2) is 4.77 Å². The van der Waals surface area contributed by atoms with Gasteiger partial charge in [-0.2, -0.15) is 0 Å². The number of benzene rings is 1. The van der Waals surface area contributed by atoms with Crippen LogP contribution < -0.4 is 0 Å². The summed E-state index contributed by atoms with van der Waals surface area (Å²) in [5, 5.41) is 4.65. The quantitative estimate of drug-likeness (QED) is 0.726. The topological polar surface area (TPSA) is 46.8 Å². The van der Waals surface area contributed by atoms with Crippen LogP contribution in [0, 0.1) is 18.6 Å². The van der Waals surface area contributed by atoms with Crippen molar-refractivity contribution in [1.82, 2.24) is 14.7 Å². The van der Waals surface area contributed by atoms with Gasteiger partial charge in [-0.3, -0.25) is 0 Å². The lowest BCUT2D eigenvalue weighted by molar-refractivity contribution is 0.392. The number of aromatic amines is 1. The molecule has 0 atom stereocenters. The van der Waals surface area contributed by atoms with E-state index in [0.29, 0.717) is 16.3 Å². The minimum Gasteiger partial charge on any atom is -0.361 e. The fourth-order valence-electron chi connectivity index (χ4n) is 2.17. The van der Waals surface area contributed by atoms with Gasteiger partial charge in [-0.1, -0.05) is 16.8 Å². The molecule has 2 aromatic heterocycles. The van der Waals surface area contributed by atoms with E-state index < -0.39 is 0 Å². The summed E-state index contributed by atoms with van der Waals surface area (Å²) in [5.41, 5.74) is 3.89. The van der Waals surface area contributed by atoms with Crippen LogP contribution in [0.2, 0.25) is 5.02 Å². The Labute approximate surface area is 120 Å². The highest BCUT2D eigenvalue weighted by Gasteiger charge is 2.12. The molecule has 0 amide bonds. The van der Waals surface area contributed by atoms with E-state index in [1.807, 2.05) is 36.6 Å². The van der Waals surface area contributed by atoms with Gasteiger partial charge in [-0.25, -0.2) is 0 Å². The number of H-pyrrole nitrogens is 1. The van der Waals surface area contributed by atoms with Crippen molar-refractivity contribution >= 4 is 34.9 Å². The monoisotopic (exact) mass is 293 g/mol. The van der Waals surface area contributed by atoms with Crippen molar-refractivity contribution in [1.29, 1.82) is 0 Å². The summed E-state index contributed by atoms with van der Waals surface area (Å²) in [6.45, 7) is 4.46. The largest absolute Gasteiger partial charge is 0.361 e. The summed E-state index contributed by atoms with van der Waals surface area (Å²) < 4.78 is 7.85. The van der Waals surface area contributed by atoms with Crippen molar-refractivity contribution in [2.45, 2.75) is 20.4 Å². The molecular weight excluding hydrogens is 282 g/mol. The zero-order valence-corrected chi connectivity index (χ0v) is 12.1.